The van der Waals surface area contributed by atoms with Crippen molar-refractivity contribution in [1.82, 2.24) is 0 Å². The third-order valence-corrected chi connectivity index (χ3v) is 5.32. The summed E-state index contributed by atoms with van der Waals surface area (Å²) < 4.78 is 11.7. The maximum Gasteiger partial charge on any atom is 0.230 e. The molecule has 2 saturated heterocycles. The Balaban J connectivity index is 2.06. The predicted octanol–water partition coefficient (Wildman–Crippen LogP) is 2.34. The summed E-state index contributed by atoms with van der Waals surface area (Å²) in [7, 11) is 0. The number of hydrogen-bond donors (Lipinski definition) is 0. The normalized spacial score (nSPS) is 41.8. The van der Waals surface area contributed by atoms with Crippen LogP contribution in [0.15, 0.2) is 0 Å². The zero-order chi connectivity index (χ0) is 9.15. The lowest BCUT2D eigenvalue weighted by Gasteiger charge is -2.38. The van der Waals surface area contributed by atoms with Crippen molar-refractivity contribution >= 4 is 23.5 Å². The van der Waals surface area contributed by atoms with E-state index in [0.717, 1.165) is 26.1 Å². The summed E-state index contributed by atoms with van der Waals surface area (Å²) >= 11 is 3.82. The Kier molecular flexibility index (Phi) is 3.46. The van der Waals surface area contributed by atoms with Crippen LogP contribution in [-0.2, 0) is 9.47 Å². The number of ether oxygens (including phenoxy) is 2. The van der Waals surface area contributed by atoms with Gasteiger partial charge >= 0.3 is 0 Å². The van der Waals surface area contributed by atoms with Crippen LogP contribution in [0, 0.1) is 0 Å². The first-order valence-corrected chi connectivity index (χ1v) is 6.90. The fraction of sp³-hybridized carbons (Fsp3) is 1.00. The first kappa shape index (κ1) is 10.1. The van der Waals surface area contributed by atoms with Crippen LogP contribution in [0.5, 0.6) is 0 Å². The molecule has 0 radical (unpaired) electrons. The van der Waals surface area contributed by atoms with Gasteiger partial charge in [-0.05, 0) is 25.5 Å². The molecule has 2 atom stereocenters. The topological polar surface area (TPSA) is 18.5 Å². The van der Waals surface area contributed by atoms with Gasteiger partial charge in [0, 0.05) is 5.75 Å². The van der Waals surface area contributed by atoms with Crippen molar-refractivity contribution < 1.29 is 9.47 Å². The van der Waals surface area contributed by atoms with Crippen LogP contribution >= 0.6 is 23.5 Å². The molecule has 2 rings (SSSR count). The maximum absolute atomic E-state index is 5.86. The van der Waals surface area contributed by atoms with Gasteiger partial charge in [0.1, 0.15) is 0 Å². The molecule has 0 aliphatic carbocycles. The first-order chi connectivity index (χ1) is 6.33. The van der Waals surface area contributed by atoms with E-state index in [1.807, 2.05) is 23.5 Å². The Bertz CT molecular complexity index is 169. The Morgan fingerprint density at radius 1 is 1.15 bits per heavy atom. The van der Waals surface area contributed by atoms with Gasteiger partial charge in [-0.25, -0.2) is 0 Å². The van der Waals surface area contributed by atoms with Crippen LogP contribution in [0.25, 0.3) is 0 Å². The van der Waals surface area contributed by atoms with E-state index in [-0.39, 0.29) is 5.12 Å². The molecule has 13 heavy (non-hydrogen) atoms. The molecule has 0 aromatic rings. The minimum Gasteiger partial charge on any atom is -0.340 e. The van der Waals surface area contributed by atoms with Gasteiger partial charge in [0.05, 0.1) is 18.5 Å². The van der Waals surface area contributed by atoms with E-state index in [4.69, 9.17) is 9.47 Å². The van der Waals surface area contributed by atoms with E-state index < -0.39 is 0 Å². The minimum absolute atomic E-state index is 0.320. The Morgan fingerprint density at radius 2 is 1.85 bits per heavy atom. The van der Waals surface area contributed by atoms with Crippen LogP contribution in [0.2, 0.25) is 0 Å². The molecule has 2 fully saturated rings. The Labute approximate surface area is 88.1 Å². The van der Waals surface area contributed by atoms with Crippen LogP contribution < -0.4 is 0 Å². The molecule has 0 saturated carbocycles. The van der Waals surface area contributed by atoms with Crippen molar-refractivity contribution in [3.05, 3.63) is 0 Å². The molecule has 2 aliphatic rings. The highest BCUT2D eigenvalue weighted by molar-refractivity contribution is 8.04. The number of rotatable bonds is 0. The largest absolute Gasteiger partial charge is 0.340 e. The second-order valence-electron chi connectivity index (χ2n) is 3.37. The van der Waals surface area contributed by atoms with E-state index >= 15 is 0 Å². The van der Waals surface area contributed by atoms with Crippen molar-refractivity contribution in [1.29, 1.82) is 0 Å². The van der Waals surface area contributed by atoms with Gasteiger partial charge in [-0.2, -0.15) is 11.8 Å². The monoisotopic (exact) mass is 220 g/mol. The summed E-state index contributed by atoms with van der Waals surface area (Å²) in [6.45, 7) is 3.93. The van der Waals surface area contributed by atoms with Crippen molar-refractivity contribution in [3.8, 4) is 0 Å². The Hall–Kier alpha value is 0.620. The summed E-state index contributed by atoms with van der Waals surface area (Å²) in [6, 6.07) is 0. The van der Waals surface area contributed by atoms with E-state index in [2.05, 4.69) is 6.92 Å². The molecule has 2 unspecified atom stereocenters. The van der Waals surface area contributed by atoms with E-state index in [9.17, 15) is 0 Å². The van der Waals surface area contributed by atoms with Crippen LogP contribution in [-0.4, -0.2) is 35.1 Å². The highest BCUT2D eigenvalue weighted by atomic mass is 32.2. The third kappa shape index (κ3) is 2.17. The molecule has 2 aliphatic heterocycles. The van der Waals surface area contributed by atoms with Gasteiger partial charge in [-0.1, -0.05) is 11.8 Å². The van der Waals surface area contributed by atoms with Crippen molar-refractivity contribution in [3.63, 3.8) is 0 Å². The summed E-state index contributed by atoms with van der Waals surface area (Å²) in [5.74, 6) is 2.37. The zero-order valence-electron chi connectivity index (χ0n) is 7.95. The molecule has 1 spiro atoms. The van der Waals surface area contributed by atoms with Crippen molar-refractivity contribution in [2.45, 2.75) is 30.1 Å². The van der Waals surface area contributed by atoms with Gasteiger partial charge in [-0.15, -0.1) is 0 Å². The molecule has 76 valence electrons. The van der Waals surface area contributed by atoms with Crippen LogP contribution in [0.3, 0.4) is 0 Å². The van der Waals surface area contributed by atoms with E-state index in [1.54, 1.807) is 0 Å². The first-order valence-electron chi connectivity index (χ1n) is 4.87. The van der Waals surface area contributed by atoms with E-state index in [0.29, 0.717) is 5.25 Å². The molecule has 2 nitrogen and oxygen atoms in total. The molecule has 0 N–H and O–H groups in total. The molecule has 0 aromatic carbocycles. The number of thioether (sulfide) groups is 2. The second-order valence-corrected chi connectivity index (χ2v) is 6.08. The van der Waals surface area contributed by atoms with Gasteiger partial charge in [0.2, 0.25) is 5.12 Å². The molecule has 2 heterocycles. The van der Waals surface area contributed by atoms with Gasteiger partial charge in [0.25, 0.3) is 0 Å². The predicted molar refractivity (Wildman–Crippen MR) is 58.2 cm³/mol. The molecule has 0 aromatic heterocycles. The molecular formula is C9H16O2S2. The summed E-state index contributed by atoms with van der Waals surface area (Å²) in [5.41, 5.74) is 0. The average molecular weight is 220 g/mol. The lowest BCUT2D eigenvalue weighted by Crippen LogP contribution is -2.43. The SMILES string of the molecule is CC1SCCCOC12OCCCS2. The third-order valence-electron chi connectivity index (χ3n) is 2.35. The maximum atomic E-state index is 5.86. The highest BCUT2D eigenvalue weighted by Crippen LogP contribution is 2.42. The Morgan fingerprint density at radius 3 is 2.46 bits per heavy atom. The van der Waals surface area contributed by atoms with Crippen molar-refractivity contribution in [2.24, 2.45) is 0 Å². The summed E-state index contributed by atoms with van der Waals surface area (Å²) in [5, 5.41) is 0.139. The zero-order valence-corrected chi connectivity index (χ0v) is 9.59. The molecule has 0 amide bonds. The molecular weight excluding hydrogens is 204 g/mol. The standard InChI is InChI=1S/C9H16O2S2/c1-8-9(10-4-2-6-12-8)11-5-3-7-13-9/h8H,2-7H2,1H3. The van der Waals surface area contributed by atoms with E-state index in [1.165, 1.54) is 11.5 Å². The lowest BCUT2D eigenvalue weighted by molar-refractivity contribution is -0.170. The van der Waals surface area contributed by atoms with Gasteiger partial charge in [-0.3, -0.25) is 0 Å². The molecule has 4 heteroatoms. The van der Waals surface area contributed by atoms with Crippen LogP contribution in [0.1, 0.15) is 19.8 Å². The van der Waals surface area contributed by atoms with Crippen LogP contribution in [0.4, 0.5) is 0 Å². The number of hydrogen-bond acceptors (Lipinski definition) is 4. The van der Waals surface area contributed by atoms with Gasteiger partial charge < -0.3 is 9.47 Å². The summed E-state index contributed by atoms with van der Waals surface area (Å²) in [6.07, 6.45) is 2.31. The van der Waals surface area contributed by atoms with Gasteiger partial charge in [0.15, 0.2) is 0 Å². The minimum atomic E-state index is -0.320. The smallest absolute Gasteiger partial charge is 0.230 e. The molecule has 0 bridgehead atoms. The summed E-state index contributed by atoms with van der Waals surface area (Å²) in [4.78, 5) is 0. The lowest BCUT2D eigenvalue weighted by atomic mass is 10.4. The average Bonchev–Trinajstić information content (AvgIpc) is 2.33. The second kappa shape index (κ2) is 4.43. The highest BCUT2D eigenvalue weighted by Gasteiger charge is 2.42. The fourth-order valence-electron chi connectivity index (χ4n) is 1.60. The quantitative estimate of drug-likeness (QED) is 0.623. The van der Waals surface area contributed by atoms with Crippen molar-refractivity contribution in [2.75, 3.05) is 24.7 Å². The fourth-order valence-corrected chi connectivity index (χ4v) is 4.10.